The zero-order chi connectivity index (χ0) is 13.0. The Morgan fingerprint density at radius 3 is 2.94 bits per heavy atom. The summed E-state index contributed by atoms with van der Waals surface area (Å²) in [5, 5.41) is 12.1. The molecule has 0 aliphatic rings. The van der Waals surface area contributed by atoms with E-state index in [9.17, 15) is 4.79 Å². The third-order valence-electron chi connectivity index (χ3n) is 2.72. The Bertz CT molecular complexity index is 535. The fraction of sp³-hybridized carbons (Fsp3) is 0.231. The number of anilines is 1. The lowest BCUT2D eigenvalue weighted by molar-refractivity contribution is 0.0697. The summed E-state index contributed by atoms with van der Waals surface area (Å²) in [5.74, 6) is -0.900. The minimum Gasteiger partial charge on any atom is -0.478 e. The molecule has 2 aromatic rings. The molecule has 94 valence electrons. The topological polar surface area (TPSA) is 67.2 Å². The molecule has 0 aliphatic carbocycles. The molecule has 0 saturated carbocycles. The van der Waals surface area contributed by atoms with Crippen LogP contribution >= 0.6 is 0 Å². The summed E-state index contributed by atoms with van der Waals surface area (Å²) in [6.45, 7) is 3.48. The number of imidazole rings is 1. The number of nitrogens with one attached hydrogen (secondary N) is 1. The molecule has 0 fully saturated rings. The smallest absolute Gasteiger partial charge is 0.335 e. The lowest BCUT2D eigenvalue weighted by atomic mass is 10.1. The molecular formula is C13H15N3O2. The fourth-order valence-corrected chi connectivity index (χ4v) is 1.73. The number of carboxylic acid groups (broad SMARTS) is 1. The zero-order valence-corrected chi connectivity index (χ0v) is 10.1. The Balaban J connectivity index is 1.95. The van der Waals surface area contributed by atoms with Gasteiger partial charge in [-0.05, 0) is 30.7 Å². The van der Waals surface area contributed by atoms with Gasteiger partial charge in [0.05, 0.1) is 11.9 Å². The number of aromatic nitrogens is 2. The second-order valence-corrected chi connectivity index (χ2v) is 4.06. The van der Waals surface area contributed by atoms with Gasteiger partial charge in [0, 0.05) is 31.2 Å². The van der Waals surface area contributed by atoms with E-state index in [1.807, 2.05) is 17.7 Å². The molecule has 2 N–H and O–H groups in total. The molecule has 0 bridgehead atoms. The van der Waals surface area contributed by atoms with Crippen LogP contribution in [0.5, 0.6) is 0 Å². The van der Waals surface area contributed by atoms with Crippen molar-refractivity contribution in [2.24, 2.45) is 0 Å². The molecule has 0 radical (unpaired) electrons. The second-order valence-electron chi connectivity index (χ2n) is 4.06. The number of rotatable bonds is 5. The molecule has 1 aromatic carbocycles. The summed E-state index contributed by atoms with van der Waals surface area (Å²) in [4.78, 5) is 14.8. The van der Waals surface area contributed by atoms with Crippen molar-refractivity contribution in [2.45, 2.75) is 13.5 Å². The average Bonchev–Trinajstić information content (AvgIpc) is 2.84. The normalized spacial score (nSPS) is 10.3. The third kappa shape index (κ3) is 2.88. The van der Waals surface area contributed by atoms with Crippen LogP contribution in [0.4, 0.5) is 5.69 Å². The molecule has 1 aromatic heterocycles. The maximum absolute atomic E-state index is 10.8. The Kier molecular flexibility index (Phi) is 3.62. The number of nitrogens with zero attached hydrogens (tertiary/aromatic N) is 2. The molecule has 0 saturated heterocycles. The number of hydrogen-bond acceptors (Lipinski definition) is 3. The molecule has 0 aliphatic heterocycles. The van der Waals surface area contributed by atoms with Gasteiger partial charge in [-0.15, -0.1) is 0 Å². The van der Waals surface area contributed by atoms with Crippen molar-refractivity contribution in [1.29, 1.82) is 0 Å². The molecule has 0 atom stereocenters. The summed E-state index contributed by atoms with van der Waals surface area (Å²) in [6.07, 6.45) is 5.41. The maximum Gasteiger partial charge on any atom is 0.335 e. The molecule has 2 rings (SSSR count). The van der Waals surface area contributed by atoms with Crippen molar-refractivity contribution in [3.8, 4) is 0 Å². The van der Waals surface area contributed by atoms with Gasteiger partial charge in [-0.2, -0.15) is 0 Å². The number of hydrogen-bond donors (Lipinski definition) is 2. The summed E-state index contributed by atoms with van der Waals surface area (Å²) >= 11 is 0. The van der Waals surface area contributed by atoms with Crippen molar-refractivity contribution in [3.63, 3.8) is 0 Å². The van der Waals surface area contributed by atoms with Crippen LogP contribution < -0.4 is 5.32 Å². The first kappa shape index (κ1) is 12.2. The summed E-state index contributed by atoms with van der Waals surface area (Å²) in [6, 6.07) is 5.07. The first-order valence-electron chi connectivity index (χ1n) is 5.70. The number of carboxylic acids is 1. The van der Waals surface area contributed by atoms with Crippen molar-refractivity contribution in [1.82, 2.24) is 9.55 Å². The highest BCUT2D eigenvalue weighted by Gasteiger charge is 2.05. The molecule has 0 amide bonds. The van der Waals surface area contributed by atoms with Crippen LogP contribution in [0.2, 0.25) is 0 Å². The molecular weight excluding hydrogens is 230 g/mol. The summed E-state index contributed by atoms with van der Waals surface area (Å²) < 4.78 is 1.98. The minimum atomic E-state index is -0.900. The number of aryl methyl sites for hydroxylation is 1. The molecule has 1 heterocycles. The van der Waals surface area contributed by atoms with Crippen LogP contribution in [0.15, 0.2) is 36.9 Å². The van der Waals surface area contributed by atoms with Crippen LogP contribution in [0.1, 0.15) is 15.9 Å². The SMILES string of the molecule is Cc1cc(C(=O)O)ccc1NCCn1ccnc1. The highest BCUT2D eigenvalue weighted by atomic mass is 16.4. The highest BCUT2D eigenvalue weighted by Crippen LogP contribution is 2.16. The summed E-state index contributed by atoms with van der Waals surface area (Å²) in [7, 11) is 0. The van der Waals surface area contributed by atoms with Gasteiger partial charge in [0.25, 0.3) is 0 Å². The van der Waals surface area contributed by atoms with Gasteiger partial charge in [-0.25, -0.2) is 9.78 Å². The van der Waals surface area contributed by atoms with E-state index in [0.717, 1.165) is 24.3 Å². The van der Waals surface area contributed by atoms with Gasteiger partial charge in [0.1, 0.15) is 0 Å². The first-order valence-corrected chi connectivity index (χ1v) is 5.70. The number of aromatic carboxylic acids is 1. The minimum absolute atomic E-state index is 0.313. The van der Waals surface area contributed by atoms with Crippen molar-refractivity contribution < 1.29 is 9.90 Å². The lowest BCUT2D eigenvalue weighted by Crippen LogP contribution is -2.10. The molecule has 18 heavy (non-hydrogen) atoms. The number of carbonyl (C=O) groups is 1. The van der Waals surface area contributed by atoms with Crippen LogP contribution in [0.25, 0.3) is 0 Å². The van der Waals surface area contributed by atoms with Crippen molar-refractivity contribution in [3.05, 3.63) is 48.0 Å². The highest BCUT2D eigenvalue weighted by molar-refractivity contribution is 5.88. The van der Waals surface area contributed by atoms with E-state index in [0.29, 0.717) is 5.56 Å². The van der Waals surface area contributed by atoms with Crippen molar-refractivity contribution >= 4 is 11.7 Å². The molecule has 0 spiro atoms. The van der Waals surface area contributed by atoms with Crippen LogP contribution in [0.3, 0.4) is 0 Å². The number of benzene rings is 1. The lowest BCUT2D eigenvalue weighted by Gasteiger charge is -2.10. The first-order chi connectivity index (χ1) is 8.66. The van der Waals surface area contributed by atoms with E-state index in [-0.39, 0.29) is 0 Å². The standard InChI is InChI=1S/C13H15N3O2/c1-10-8-11(13(17)18)2-3-12(10)15-5-7-16-6-4-14-9-16/h2-4,6,8-9,15H,5,7H2,1H3,(H,17,18). The van der Waals surface area contributed by atoms with Crippen LogP contribution in [0, 0.1) is 6.92 Å². The third-order valence-corrected chi connectivity index (χ3v) is 2.72. The van der Waals surface area contributed by atoms with E-state index < -0.39 is 5.97 Å². The van der Waals surface area contributed by atoms with Gasteiger partial charge in [-0.3, -0.25) is 0 Å². The van der Waals surface area contributed by atoms with Gasteiger partial charge >= 0.3 is 5.97 Å². The van der Waals surface area contributed by atoms with Gasteiger partial charge < -0.3 is 15.0 Å². The van der Waals surface area contributed by atoms with Gasteiger partial charge in [0.2, 0.25) is 0 Å². The fourth-order valence-electron chi connectivity index (χ4n) is 1.73. The average molecular weight is 245 g/mol. The zero-order valence-electron chi connectivity index (χ0n) is 10.1. The van der Waals surface area contributed by atoms with E-state index in [1.165, 1.54) is 0 Å². The Morgan fingerprint density at radius 2 is 2.33 bits per heavy atom. The predicted octanol–water partition coefficient (Wildman–Crippen LogP) is 2.00. The Morgan fingerprint density at radius 1 is 1.50 bits per heavy atom. The van der Waals surface area contributed by atoms with E-state index in [4.69, 9.17) is 5.11 Å². The second kappa shape index (κ2) is 5.35. The molecule has 5 nitrogen and oxygen atoms in total. The van der Waals surface area contributed by atoms with Crippen LogP contribution in [-0.4, -0.2) is 27.2 Å². The van der Waals surface area contributed by atoms with Gasteiger partial charge in [-0.1, -0.05) is 0 Å². The largest absolute Gasteiger partial charge is 0.478 e. The maximum atomic E-state index is 10.8. The van der Waals surface area contributed by atoms with E-state index in [1.54, 1.807) is 30.7 Å². The Labute approximate surface area is 105 Å². The monoisotopic (exact) mass is 245 g/mol. The van der Waals surface area contributed by atoms with E-state index >= 15 is 0 Å². The molecule has 0 unspecified atom stereocenters. The summed E-state index contributed by atoms with van der Waals surface area (Å²) in [5.41, 5.74) is 2.20. The quantitative estimate of drug-likeness (QED) is 0.845. The molecule has 5 heteroatoms. The van der Waals surface area contributed by atoms with Gasteiger partial charge in [0.15, 0.2) is 0 Å². The predicted molar refractivity (Wildman–Crippen MR) is 68.9 cm³/mol. The van der Waals surface area contributed by atoms with E-state index in [2.05, 4.69) is 10.3 Å². The Hall–Kier alpha value is -2.30. The van der Waals surface area contributed by atoms with Crippen molar-refractivity contribution in [2.75, 3.05) is 11.9 Å². The van der Waals surface area contributed by atoms with Crippen LogP contribution in [-0.2, 0) is 6.54 Å².